The van der Waals surface area contributed by atoms with Gasteiger partial charge in [0.1, 0.15) is 5.75 Å². The number of piperazine rings is 1. The third-order valence-corrected chi connectivity index (χ3v) is 4.95. The van der Waals surface area contributed by atoms with Crippen molar-refractivity contribution < 1.29 is 14.6 Å². The van der Waals surface area contributed by atoms with Crippen LogP contribution in [0.5, 0.6) is 5.75 Å². The van der Waals surface area contributed by atoms with Gasteiger partial charge in [-0.1, -0.05) is 12.1 Å². The summed E-state index contributed by atoms with van der Waals surface area (Å²) in [5.74, 6) is 1.64. The van der Waals surface area contributed by atoms with Crippen LogP contribution >= 0.6 is 0 Å². The van der Waals surface area contributed by atoms with Gasteiger partial charge in [0.2, 0.25) is 5.91 Å². The van der Waals surface area contributed by atoms with Crippen LogP contribution in [0.15, 0.2) is 24.3 Å². The summed E-state index contributed by atoms with van der Waals surface area (Å²) in [6.07, 6.45) is 0.953. The first-order valence-electron chi connectivity index (χ1n) is 8.75. The summed E-state index contributed by atoms with van der Waals surface area (Å²) in [6.45, 7) is 7.53. The molecule has 1 aliphatic heterocycles. The van der Waals surface area contributed by atoms with Crippen LogP contribution in [0, 0.1) is 5.92 Å². The standard InChI is InChI=1S/C19H28N2O3/c1-19(2,23)13-20-8-10-21(11-9-20)18(22)17-12-16(17)14-4-6-15(24-3)7-5-14/h4-7,16-17,23H,8-13H2,1-3H3/t16-,17+/m1/s1. The van der Waals surface area contributed by atoms with Crippen molar-refractivity contribution in [1.29, 1.82) is 0 Å². The molecule has 24 heavy (non-hydrogen) atoms. The average molecular weight is 332 g/mol. The lowest BCUT2D eigenvalue weighted by Crippen LogP contribution is -2.52. The number of carbonyl (C=O) groups excluding carboxylic acids is 1. The molecule has 132 valence electrons. The van der Waals surface area contributed by atoms with Gasteiger partial charge in [-0.25, -0.2) is 0 Å². The van der Waals surface area contributed by atoms with Gasteiger partial charge in [-0.2, -0.15) is 0 Å². The summed E-state index contributed by atoms with van der Waals surface area (Å²) in [4.78, 5) is 16.9. The molecule has 1 aromatic rings. The van der Waals surface area contributed by atoms with Gasteiger partial charge in [0.05, 0.1) is 12.7 Å². The number of β-amino-alcohol motifs (C(OH)–C–C–N with tert-alkyl or cyclic N) is 1. The molecule has 1 amide bonds. The summed E-state index contributed by atoms with van der Waals surface area (Å²) in [5, 5.41) is 9.91. The second-order valence-corrected chi connectivity index (χ2v) is 7.64. The summed E-state index contributed by atoms with van der Waals surface area (Å²) >= 11 is 0. The molecular weight excluding hydrogens is 304 g/mol. The molecule has 1 heterocycles. The number of hydrogen-bond acceptors (Lipinski definition) is 4. The van der Waals surface area contributed by atoms with E-state index in [2.05, 4.69) is 17.0 Å². The molecule has 2 aliphatic rings. The van der Waals surface area contributed by atoms with Crippen molar-refractivity contribution in [2.75, 3.05) is 39.8 Å². The molecule has 0 aromatic heterocycles. The molecule has 0 bridgehead atoms. The molecule has 5 nitrogen and oxygen atoms in total. The number of ether oxygens (including phenoxy) is 1. The minimum absolute atomic E-state index is 0.138. The predicted molar refractivity (Wildman–Crippen MR) is 93.2 cm³/mol. The third-order valence-electron chi connectivity index (χ3n) is 4.95. The SMILES string of the molecule is COc1ccc([C@H]2C[C@@H]2C(=O)N2CCN(CC(C)(C)O)CC2)cc1. The van der Waals surface area contributed by atoms with E-state index in [-0.39, 0.29) is 5.92 Å². The van der Waals surface area contributed by atoms with Crippen LogP contribution in [0.25, 0.3) is 0 Å². The first-order chi connectivity index (χ1) is 11.4. The molecule has 1 aliphatic carbocycles. The van der Waals surface area contributed by atoms with E-state index in [0.717, 1.165) is 38.3 Å². The van der Waals surface area contributed by atoms with Crippen molar-refractivity contribution in [2.24, 2.45) is 5.92 Å². The van der Waals surface area contributed by atoms with E-state index in [1.807, 2.05) is 30.9 Å². The largest absolute Gasteiger partial charge is 0.497 e. The van der Waals surface area contributed by atoms with Gasteiger partial charge in [0.25, 0.3) is 0 Å². The van der Waals surface area contributed by atoms with Crippen LogP contribution in [-0.4, -0.2) is 66.2 Å². The normalized spacial score (nSPS) is 24.8. The average Bonchev–Trinajstić information content (AvgIpc) is 3.34. The first kappa shape index (κ1) is 17.2. The summed E-state index contributed by atoms with van der Waals surface area (Å²) < 4.78 is 5.19. The number of aliphatic hydroxyl groups is 1. The van der Waals surface area contributed by atoms with Gasteiger partial charge in [0.15, 0.2) is 0 Å². The highest BCUT2D eigenvalue weighted by molar-refractivity contribution is 5.83. The zero-order valence-corrected chi connectivity index (χ0v) is 14.9. The van der Waals surface area contributed by atoms with E-state index in [9.17, 15) is 9.90 Å². The molecule has 1 N–H and O–H groups in total. The second kappa shape index (κ2) is 6.73. The van der Waals surface area contributed by atoms with Gasteiger partial charge in [-0.3, -0.25) is 9.69 Å². The van der Waals surface area contributed by atoms with Crippen LogP contribution in [-0.2, 0) is 4.79 Å². The molecule has 1 saturated heterocycles. The second-order valence-electron chi connectivity index (χ2n) is 7.64. The zero-order valence-electron chi connectivity index (χ0n) is 14.9. The molecule has 1 saturated carbocycles. The van der Waals surface area contributed by atoms with E-state index in [1.54, 1.807) is 7.11 Å². The van der Waals surface area contributed by atoms with Crippen LogP contribution in [0.3, 0.4) is 0 Å². The lowest BCUT2D eigenvalue weighted by atomic mass is 10.1. The van der Waals surface area contributed by atoms with E-state index in [4.69, 9.17) is 4.74 Å². The monoisotopic (exact) mass is 332 g/mol. The minimum atomic E-state index is -0.678. The highest BCUT2D eigenvalue weighted by Gasteiger charge is 2.46. The Labute approximate surface area is 144 Å². The number of carbonyl (C=O) groups is 1. The molecule has 0 radical (unpaired) electrons. The number of hydrogen-bond donors (Lipinski definition) is 1. The fourth-order valence-electron chi connectivity index (χ4n) is 3.60. The quantitative estimate of drug-likeness (QED) is 0.892. The van der Waals surface area contributed by atoms with Gasteiger partial charge in [-0.15, -0.1) is 0 Å². The lowest BCUT2D eigenvalue weighted by molar-refractivity contribution is -0.134. The Balaban J connectivity index is 1.50. The molecule has 0 spiro atoms. The van der Waals surface area contributed by atoms with Crippen molar-refractivity contribution in [3.63, 3.8) is 0 Å². The third kappa shape index (κ3) is 4.08. The van der Waals surface area contributed by atoms with Gasteiger partial charge in [0, 0.05) is 38.6 Å². The maximum atomic E-state index is 12.7. The number of benzene rings is 1. The fraction of sp³-hybridized carbons (Fsp3) is 0.632. The van der Waals surface area contributed by atoms with Crippen molar-refractivity contribution in [1.82, 2.24) is 9.80 Å². The summed E-state index contributed by atoms with van der Waals surface area (Å²) in [7, 11) is 1.66. The molecule has 1 aromatic carbocycles. The lowest BCUT2D eigenvalue weighted by Gasteiger charge is -2.37. The van der Waals surface area contributed by atoms with Crippen LogP contribution in [0.2, 0.25) is 0 Å². The Morgan fingerprint density at radius 1 is 1.21 bits per heavy atom. The minimum Gasteiger partial charge on any atom is -0.497 e. The molecule has 0 unspecified atom stereocenters. The smallest absolute Gasteiger partial charge is 0.226 e. The Hall–Kier alpha value is -1.59. The van der Waals surface area contributed by atoms with Crippen molar-refractivity contribution >= 4 is 5.91 Å². The first-order valence-corrected chi connectivity index (χ1v) is 8.75. The van der Waals surface area contributed by atoms with Crippen LogP contribution in [0.4, 0.5) is 0 Å². The molecule has 5 heteroatoms. The molecule has 2 atom stereocenters. The Morgan fingerprint density at radius 2 is 1.83 bits per heavy atom. The number of methoxy groups -OCH3 is 1. The number of nitrogens with zero attached hydrogens (tertiary/aromatic N) is 2. The summed E-state index contributed by atoms with van der Waals surface area (Å²) in [6, 6.07) is 8.06. The number of amides is 1. The van der Waals surface area contributed by atoms with Crippen LogP contribution < -0.4 is 4.74 Å². The zero-order chi connectivity index (χ0) is 17.3. The fourth-order valence-corrected chi connectivity index (χ4v) is 3.60. The highest BCUT2D eigenvalue weighted by Crippen LogP contribution is 2.48. The van der Waals surface area contributed by atoms with Gasteiger partial charge < -0.3 is 14.7 Å². The van der Waals surface area contributed by atoms with E-state index in [0.29, 0.717) is 18.4 Å². The number of rotatable bonds is 5. The molecule has 2 fully saturated rings. The molecule has 3 rings (SSSR count). The van der Waals surface area contributed by atoms with Crippen molar-refractivity contribution in [3.05, 3.63) is 29.8 Å². The van der Waals surface area contributed by atoms with E-state index < -0.39 is 5.60 Å². The van der Waals surface area contributed by atoms with Crippen molar-refractivity contribution in [2.45, 2.75) is 31.8 Å². The van der Waals surface area contributed by atoms with Crippen molar-refractivity contribution in [3.8, 4) is 5.75 Å². The maximum Gasteiger partial charge on any atom is 0.226 e. The molecular formula is C19H28N2O3. The van der Waals surface area contributed by atoms with Gasteiger partial charge in [-0.05, 0) is 43.9 Å². The van der Waals surface area contributed by atoms with Gasteiger partial charge >= 0.3 is 0 Å². The van der Waals surface area contributed by atoms with E-state index in [1.165, 1.54) is 5.56 Å². The summed E-state index contributed by atoms with van der Waals surface area (Å²) in [5.41, 5.74) is 0.553. The Bertz CT molecular complexity index is 571. The topological polar surface area (TPSA) is 53.0 Å². The Morgan fingerprint density at radius 3 is 2.38 bits per heavy atom. The van der Waals surface area contributed by atoms with E-state index >= 15 is 0 Å². The highest BCUT2D eigenvalue weighted by atomic mass is 16.5. The maximum absolute atomic E-state index is 12.7. The predicted octanol–water partition coefficient (Wildman–Crippen LogP) is 1.71. The Kier molecular flexibility index (Phi) is 4.83. The van der Waals surface area contributed by atoms with Crippen LogP contribution in [0.1, 0.15) is 31.7 Å².